The van der Waals surface area contributed by atoms with Crippen LogP contribution in [0.15, 0.2) is 29.2 Å². The summed E-state index contributed by atoms with van der Waals surface area (Å²) in [4.78, 5) is 0.384. The van der Waals surface area contributed by atoms with Gasteiger partial charge in [-0.3, -0.25) is 0 Å². The van der Waals surface area contributed by atoms with Crippen molar-refractivity contribution in [2.24, 2.45) is 5.92 Å². The molecule has 0 saturated carbocycles. The van der Waals surface area contributed by atoms with Crippen LogP contribution in [-0.2, 0) is 16.6 Å². The van der Waals surface area contributed by atoms with Gasteiger partial charge in [0.1, 0.15) is 0 Å². The lowest BCUT2D eigenvalue weighted by atomic mass is 10.1. The maximum absolute atomic E-state index is 12.3. The monoisotopic (exact) mass is 300 g/mol. The highest BCUT2D eigenvalue weighted by atomic mass is 32.2. The predicted octanol–water partition coefficient (Wildman–Crippen LogP) is 1.44. The highest BCUT2D eigenvalue weighted by Crippen LogP contribution is 2.23. The molecule has 1 heterocycles. The zero-order valence-electron chi connectivity index (χ0n) is 11.1. The van der Waals surface area contributed by atoms with Crippen molar-refractivity contribution in [1.82, 2.24) is 10.0 Å². The molecule has 0 amide bonds. The molecule has 1 fully saturated rings. The lowest BCUT2D eigenvalue weighted by Gasteiger charge is -2.13. The Hall–Kier alpha value is -0.560. The van der Waals surface area contributed by atoms with Gasteiger partial charge in [0.2, 0.25) is 10.0 Å². The van der Waals surface area contributed by atoms with Gasteiger partial charge >= 0.3 is 0 Å². The molecule has 0 radical (unpaired) electrons. The molecule has 6 heteroatoms. The second kappa shape index (κ2) is 6.74. The van der Waals surface area contributed by atoms with Crippen molar-refractivity contribution in [3.8, 4) is 0 Å². The average molecular weight is 300 g/mol. The van der Waals surface area contributed by atoms with Crippen LogP contribution in [0.5, 0.6) is 0 Å². The van der Waals surface area contributed by atoms with Gasteiger partial charge in [-0.15, -0.1) is 0 Å². The number of thioether (sulfide) groups is 1. The number of hydrogen-bond acceptors (Lipinski definition) is 4. The molecule has 0 bridgehead atoms. The van der Waals surface area contributed by atoms with Gasteiger partial charge in [-0.05, 0) is 42.5 Å². The van der Waals surface area contributed by atoms with Crippen LogP contribution in [0.1, 0.15) is 12.0 Å². The van der Waals surface area contributed by atoms with Crippen LogP contribution in [0.3, 0.4) is 0 Å². The van der Waals surface area contributed by atoms with Crippen LogP contribution in [-0.4, -0.2) is 33.5 Å². The van der Waals surface area contributed by atoms with Crippen LogP contribution < -0.4 is 10.0 Å². The maximum atomic E-state index is 12.3. The number of rotatable bonds is 6. The van der Waals surface area contributed by atoms with Gasteiger partial charge in [0, 0.05) is 13.1 Å². The highest BCUT2D eigenvalue weighted by Gasteiger charge is 2.21. The largest absolute Gasteiger partial charge is 0.316 e. The number of hydrogen-bond donors (Lipinski definition) is 2. The van der Waals surface area contributed by atoms with Crippen LogP contribution in [0, 0.1) is 5.92 Å². The molecule has 0 spiro atoms. The third-order valence-electron chi connectivity index (χ3n) is 3.22. The molecule has 0 aromatic heterocycles. The van der Waals surface area contributed by atoms with Crippen LogP contribution in [0.25, 0.3) is 0 Å². The molecule has 1 saturated heterocycles. The maximum Gasteiger partial charge on any atom is 0.240 e. The molecule has 1 atom stereocenters. The minimum absolute atomic E-state index is 0.384. The molecule has 2 N–H and O–H groups in total. The second-order valence-electron chi connectivity index (χ2n) is 4.72. The first-order chi connectivity index (χ1) is 9.13. The van der Waals surface area contributed by atoms with E-state index in [2.05, 4.69) is 10.0 Å². The molecular weight excluding hydrogens is 280 g/mol. The van der Waals surface area contributed by atoms with E-state index in [1.54, 1.807) is 12.1 Å². The molecule has 106 valence electrons. The van der Waals surface area contributed by atoms with E-state index in [1.165, 1.54) is 0 Å². The Morgan fingerprint density at radius 3 is 2.84 bits per heavy atom. The van der Waals surface area contributed by atoms with Crippen molar-refractivity contribution in [2.45, 2.75) is 17.9 Å². The van der Waals surface area contributed by atoms with E-state index in [-0.39, 0.29) is 0 Å². The second-order valence-corrected chi connectivity index (χ2v) is 7.60. The molecular formula is C13H20N2O2S2. The van der Waals surface area contributed by atoms with Crippen LogP contribution >= 0.6 is 11.8 Å². The Kier molecular flexibility index (Phi) is 5.27. The van der Waals surface area contributed by atoms with E-state index < -0.39 is 10.0 Å². The van der Waals surface area contributed by atoms with Crippen LogP contribution in [0.2, 0.25) is 0 Å². The van der Waals surface area contributed by atoms with Gasteiger partial charge < -0.3 is 5.32 Å². The van der Waals surface area contributed by atoms with Crippen molar-refractivity contribution < 1.29 is 8.42 Å². The topological polar surface area (TPSA) is 58.2 Å². The Morgan fingerprint density at radius 1 is 1.37 bits per heavy atom. The first-order valence-electron chi connectivity index (χ1n) is 6.43. The molecule has 19 heavy (non-hydrogen) atoms. The van der Waals surface area contributed by atoms with Gasteiger partial charge in [0.15, 0.2) is 0 Å². The smallest absolute Gasteiger partial charge is 0.240 e. The third-order valence-corrected chi connectivity index (χ3v) is 5.97. The highest BCUT2D eigenvalue weighted by molar-refractivity contribution is 7.99. The molecule has 1 aliphatic heterocycles. The zero-order valence-corrected chi connectivity index (χ0v) is 12.7. The molecule has 4 nitrogen and oxygen atoms in total. The lowest BCUT2D eigenvalue weighted by Crippen LogP contribution is -2.30. The number of sulfonamides is 1. The van der Waals surface area contributed by atoms with Gasteiger partial charge in [-0.25, -0.2) is 13.1 Å². The van der Waals surface area contributed by atoms with Crippen molar-refractivity contribution in [3.05, 3.63) is 29.8 Å². The van der Waals surface area contributed by atoms with E-state index >= 15 is 0 Å². The van der Waals surface area contributed by atoms with Gasteiger partial charge in [-0.2, -0.15) is 11.8 Å². The van der Waals surface area contributed by atoms with Crippen LogP contribution in [0.4, 0.5) is 0 Å². The van der Waals surface area contributed by atoms with Crippen molar-refractivity contribution >= 4 is 21.8 Å². The zero-order chi connectivity index (χ0) is 13.7. The normalized spacial score (nSPS) is 19.7. The Labute approximate surface area is 119 Å². The predicted molar refractivity (Wildman–Crippen MR) is 79.8 cm³/mol. The fourth-order valence-electron chi connectivity index (χ4n) is 2.15. The summed E-state index contributed by atoms with van der Waals surface area (Å²) in [5.41, 5.74) is 0.804. The summed E-state index contributed by atoms with van der Waals surface area (Å²) in [5.74, 6) is 2.67. The van der Waals surface area contributed by atoms with E-state index in [9.17, 15) is 8.42 Å². The van der Waals surface area contributed by atoms with E-state index in [0.29, 0.717) is 23.9 Å². The molecule has 1 aliphatic rings. The summed E-state index contributed by atoms with van der Waals surface area (Å²) >= 11 is 1.90. The standard InChI is InChI=1S/C13H20N2O2S2/c1-14-9-12-4-2-3-5-13(12)19(16,17)15-8-11-6-7-18-10-11/h2-5,11,14-15H,6-10H2,1H3. The average Bonchev–Trinajstić information content (AvgIpc) is 2.91. The Bertz CT molecular complexity index is 511. The third kappa shape index (κ3) is 3.95. The fraction of sp³-hybridized carbons (Fsp3) is 0.538. The molecule has 0 aliphatic carbocycles. The molecule has 2 rings (SSSR count). The molecule has 1 aromatic carbocycles. The minimum Gasteiger partial charge on any atom is -0.316 e. The first kappa shape index (κ1) is 14.8. The summed E-state index contributed by atoms with van der Waals surface area (Å²) in [6, 6.07) is 7.13. The van der Waals surface area contributed by atoms with Gasteiger partial charge in [-0.1, -0.05) is 18.2 Å². The summed E-state index contributed by atoms with van der Waals surface area (Å²) in [6.07, 6.45) is 1.10. The van der Waals surface area contributed by atoms with Crippen molar-refractivity contribution in [3.63, 3.8) is 0 Å². The van der Waals surface area contributed by atoms with Gasteiger partial charge in [0.05, 0.1) is 4.90 Å². The molecule has 1 aromatic rings. The van der Waals surface area contributed by atoms with Crippen molar-refractivity contribution in [2.75, 3.05) is 25.1 Å². The summed E-state index contributed by atoms with van der Waals surface area (Å²) in [6.45, 7) is 1.10. The van der Waals surface area contributed by atoms with Crippen molar-refractivity contribution in [1.29, 1.82) is 0 Å². The van der Waals surface area contributed by atoms with Gasteiger partial charge in [0.25, 0.3) is 0 Å². The molecule has 1 unspecified atom stereocenters. The SMILES string of the molecule is CNCc1ccccc1S(=O)(=O)NCC1CCSC1. The lowest BCUT2D eigenvalue weighted by molar-refractivity contribution is 0.544. The summed E-state index contributed by atoms with van der Waals surface area (Å²) in [5, 5.41) is 3.00. The first-order valence-corrected chi connectivity index (χ1v) is 9.07. The number of benzene rings is 1. The summed E-state index contributed by atoms with van der Waals surface area (Å²) < 4.78 is 27.4. The fourth-order valence-corrected chi connectivity index (χ4v) is 4.79. The van der Waals surface area contributed by atoms with E-state index in [4.69, 9.17) is 0 Å². The minimum atomic E-state index is -3.40. The Morgan fingerprint density at radius 2 is 2.16 bits per heavy atom. The summed E-state index contributed by atoms with van der Waals surface area (Å²) in [7, 11) is -1.59. The Balaban J connectivity index is 2.09. The quantitative estimate of drug-likeness (QED) is 0.834. The number of nitrogens with one attached hydrogen (secondary N) is 2. The van der Waals surface area contributed by atoms with E-state index in [1.807, 2.05) is 30.9 Å². The van der Waals surface area contributed by atoms with E-state index in [0.717, 1.165) is 23.5 Å².